The number of hydrogen-bond donors (Lipinski definition) is 2. The van der Waals surface area contributed by atoms with Crippen molar-refractivity contribution in [1.29, 1.82) is 0 Å². The molecule has 0 atom stereocenters. The molecular weight excluding hydrogens is 400 g/mol. The molecule has 2 rings (SSSR count). The van der Waals surface area contributed by atoms with E-state index in [0.29, 0.717) is 23.8 Å². The molecule has 0 bridgehead atoms. The molecule has 1 amide bonds. The molecule has 0 unspecified atom stereocenters. The summed E-state index contributed by atoms with van der Waals surface area (Å²) in [5.41, 5.74) is 2.45. The van der Waals surface area contributed by atoms with Crippen molar-refractivity contribution >= 4 is 44.9 Å². The predicted octanol–water partition coefficient (Wildman–Crippen LogP) is 5.10. The van der Waals surface area contributed by atoms with E-state index in [4.69, 9.17) is 17.0 Å². The molecule has 2 N–H and O–H groups in total. The van der Waals surface area contributed by atoms with E-state index in [1.54, 1.807) is 12.1 Å². The van der Waals surface area contributed by atoms with Gasteiger partial charge in [-0.25, -0.2) is 0 Å². The van der Waals surface area contributed by atoms with Crippen molar-refractivity contribution in [3.05, 3.63) is 58.1 Å². The van der Waals surface area contributed by atoms with Gasteiger partial charge < -0.3 is 10.1 Å². The van der Waals surface area contributed by atoms with Crippen LogP contribution in [0.1, 0.15) is 42.6 Å². The van der Waals surface area contributed by atoms with E-state index in [2.05, 4.69) is 40.4 Å². The number of carbonyl (C=O) groups excluding carboxylic acids is 1. The maximum atomic E-state index is 12.6. The first-order valence-corrected chi connectivity index (χ1v) is 9.26. The summed E-state index contributed by atoms with van der Waals surface area (Å²) < 4.78 is 6.31. The summed E-state index contributed by atoms with van der Waals surface area (Å²) in [4.78, 5) is 12.6. The third-order valence-corrected chi connectivity index (χ3v) is 4.24. The second kappa shape index (κ2) is 8.97. The molecule has 2 aromatic carbocycles. The van der Waals surface area contributed by atoms with Crippen LogP contribution in [0.3, 0.4) is 0 Å². The zero-order chi connectivity index (χ0) is 18.4. The Hall–Kier alpha value is -1.92. The molecule has 0 spiro atoms. The topological polar surface area (TPSA) is 50.4 Å². The highest BCUT2D eigenvalue weighted by molar-refractivity contribution is 9.10. The molecule has 2 aromatic rings. The van der Waals surface area contributed by atoms with Gasteiger partial charge >= 0.3 is 0 Å². The highest BCUT2D eigenvalue weighted by atomic mass is 79.9. The van der Waals surface area contributed by atoms with E-state index in [1.807, 2.05) is 37.3 Å². The molecule has 25 heavy (non-hydrogen) atoms. The van der Waals surface area contributed by atoms with Gasteiger partial charge in [-0.15, -0.1) is 0 Å². The number of ether oxygens (including phenoxy) is 1. The van der Waals surface area contributed by atoms with E-state index in [0.717, 1.165) is 15.7 Å². The van der Waals surface area contributed by atoms with Gasteiger partial charge in [-0.3, -0.25) is 10.1 Å². The van der Waals surface area contributed by atoms with Crippen molar-refractivity contribution in [1.82, 2.24) is 5.32 Å². The van der Waals surface area contributed by atoms with Crippen LogP contribution in [0.25, 0.3) is 0 Å². The minimum atomic E-state index is -0.315. The average molecular weight is 421 g/mol. The molecule has 0 aliphatic heterocycles. The van der Waals surface area contributed by atoms with Gasteiger partial charge in [-0.2, -0.15) is 0 Å². The van der Waals surface area contributed by atoms with Gasteiger partial charge in [0, 0.05) is 10.2 Å². The van der Waals surface area contributed by atoms with Crippen molar-refractivity contribution < 1.29 is 9.53 Å². The van der Waals surface area contributed by atoms with Crippen LogP contribution in [0.5, 0.6) is 5.75 Å². The predicted molar refractivity (Wildman–Crippen MR) is 110 cm³/mol. The third-order valence-electron chi connectivity index (χ3n) is 3.54. The van der Waals surface area contributed by atoms with E-state index < -0.39 is 0 Å². The SMILES string of the molecule is CCOc1ccc(Br)cc1C(=O)NC(=S)Nc1ccccc1C(C)C. The molecule has 0 saturated carbocycles. The Bertz CT molecular complexity index is 778. The lowest BCUT2D eigenvalue weighted by Crippen LogP contribution is -2.34. The third kappa shape index (κ3) is 5.28. The van der Waals surface area contributed by atoms with Gasteiger partial charge in [-0.05, 0) is 54.9 Å². The number of thiocarbonyl (C=S) groups is 1. The molecule has 0 fully saturated rings. The summed E-state index contributed by atoms with van der Waals surface area (Å²) in [7, 11) is 0. The van der Waals surface area contributed by atoms with Crippen molar-refractivity contribution in [3.8, 4) is 5.75 Å². The number of para-hydroxylation sites is 1. The number of nitrogens with one attached hydrogen (secondary N) is 2. The summed E-state index contributed by atoms with van der Waals surface area (Å²) in [5, 5.41) is 6.07. The highest BCUT2D eigenvalue weighted by Crippen LogP contribution is 2.25. The first-order chi connectivity index (χ1) is 11.9. The maximum absolute atomic E-state index is 12.6. The molecule has 132 valence electrons. The normalized spacial score (nSPS) is 10.4. The van der Waals surface area contributed by atoms with E-state index in [-0.39, 0.29) is 11.0 Å². The number of halogens is 1. The number of amides is 1. The summed E-state index contributed by atoms with van der Waals surface area (Å²) in [6.45, 7) is 6.57. The Morgan fingerprint density at radius 3 is 2.64 bits per heavy atom. The molecule has 0 heterocycles. The Labute approximate surface area is 162 Å². The average Bonchev–Trinajstić information content (AvgIpc) is 2.56. The number of carbonyl (C=O) groups is 1. The largest absolute Gasteiger partial charge is 0.493 e. The Morgan fingerprint density at radius 2 is 1.96 bits per heavy atom. The smallest absolute Gasteiger partial charge is 0.261 e. The lowest BCUT2D eigenvalue weighted by Gasteiger charge is -2.16. The molecule has 0 radical (unpaired) electrons. The van der Waals surface area contributed by atoms with Gasteiger partial charge in [0.2, 0.25) is 0 Å². The highest BCUT2D eigenvalue weighted by Gasteiger charge is 2.15. The van der Waals surface area contributed by atoms with Crippen molar-refractivity contribution in [2.24, 2.45) is 0 Å². The molecule has 0 aliphatic rings. The quantitative estimate of drug-likeness (QED) is 0.660. The standard InChI is InChI=1S/C19H21BrN2O2S/c1-4-24-17-10-9-13(20)11-15(17)18(23)22-19(25)21-16-8-6-5-7-14(16)12(2)3/h5-12H,4H2,1-3H3,(H2,21,22,23,25). The molecule has 0 aliphatic carbocycles. The van der Waals surface area contributed by atoms with Crippen molar-refractivity contribution in [3.63, 3.8) is 0 Å². The minimum Gasteiger partial charge on any atom is -0.493 e. The number of anilines is 1. The van der Waals surface area contributed by atoms with E-state index in [9.17, 15) is 4.79 Å². The number of rotatable bonds is 5. The maximum Gasteiger partial charge on any atom is 0.261 e. The van der Waals surface area contributed by atoms with Crippen LogP contribution in [-0.4, -0.2) is 17.6 Å². The first kappa shape index (κ1) is 19.4. The van der Waals surface area contributed by atoms with Crippen LogP contribution in [-0.2, 0) is 0 Å². The van der Waals surface area contributed by atoms with Gasteiger partial charge in [0.05, 0.1) is 12.2 Å². The van der Waals surface area contributed by atoms with Crippen LogP contribution in [0, 0.1) is 0 Å². The fourth-order valence-electron chi connectivity index (χ4n) is 2.40. The van der Waals surface area contributed by atoms with Crippen LogP contribution < -0.4 is 15.4 Å². The van der Waals surface area contributed by atoms with Crippen molar-refractivity contribution in [2.75, 3.05) is 11.9 Å². The fourth-order valence-corrected chi connectivity index (χ4v) is 2.96. The van der Waals surface area contributed by atoms with Gasteiger partial charge in [0.25, 0.3) is 5.91 Å². The van der Waals surface area contributed by atoms with Crippen molar-refractivity contribution in [2.45, 2.75) is 26.7 Å². The van der Waals surface area contributed by atoms with Gasteiger partial charge in [0.1, 0.15) is 5.75 Å². The second-order valence-corrected chi connectivity index (χ2v) is 7.05. The van der Waals surface area contributed by atoms with Crippen LogP contribution >= 0.6 is 28.1 Å². The van der Waals surface area contributed by atoms with Gasteiger partial charge in [0.15, 0.2) is 5.11 Å². The second-order valence-electron chi connectivity index (χ2n) is 5.72. The van der Waals surface area contributed by atoms with Crippen LogP contribution in [0.2, 0.25) is 0 Å². The molecule has 4 nitrogen and oxygen atoms in total. The number of benzene rings is 2. The van der Waals surface area contributed by atoms with E-state index in [1.165, 1.54) is 0 Å². The summed E-state index contributed by atoms with van der Waals surface area (Å²) in [6, 6.07) is 13.2. The van der Waals surface area contributed by atoms with Gasteiger partial charge in [-0.1, -0.05) is 48.0 Å². The summed E-state index contributed by atoms with van der Waals surface area (Å²) in [5.74, 6) is 0.551. The monoisotopic (exact) mass is 420 g/mol. The Balaban J connectivity index is 2.14. The zero-order valence-electron chi connectivity index (χ0n) is 14.4. The van der Waals surface area contributed by atoms with E-state index >= 15 is 0 Å². The molecule has 0 saturated heterocycles. The Morgan fingerprint density at radius 1 is 1.24 bits per heavy atom. The summed E-state index contributed by atoms with van der Waals surface area (Å²) in [6.07, 6.45) is 0. The molecule has 0 aromatic heterocycles. The fraction of sp³-hybridized carbons (Fsp3) is 0.263. The Kier molecular flexibility index (Phi) is 6.96. The lowest BCUT2D eigenvalue weighted by atomic mass is 10.0. The minimum absolute atomic E-state index is 0.250. The lowest BCUT2D eigenvalue weighted by molar-refractivity contribution is 0.0974. The zero-order valence-corrected chi connectivity index (χ0v) is 16.8. The van der Waals surface area contributed by atoms with Crippen LogP contribution in [0.4, 0.5) is 5.69 Å². The van der Waals surface area contributed by atoms with Crippen LogP contribution in [0.15, 0.2) is 46.9 Å². The number of hydrogen-bond acceptors (Lipinski definition) is 3. The first-order valence-electron chi connectivity index (χ1n) is 8.06. The summed E-state index contributed by atoms with van der Waals surface area (Å²) >= 11 is 8.68. The molecular formula is C19H21BrN2O2S. The molecule has 6 heteroatoms.